The van der Waals surface area contributed by atoms with Crippen molar-refractivity contribution in [2.45, 2.75) is 46.0 Å². The first-order valence-electron chi connectivity index (χ1n) is 8.43. The third kappa shape index (κ3) is 4.55. The molecule has 1 aromatic heterocycles. The van der Waals surface area contributed by atoms with Gasteiger partial charge in [0, 0.05) is 23.9 Å². The number of nitrogens with one attached hydrogen (secondary N) is 1. The van der Waals surface area contributed by atoms with E-state index in [1.54, 1.807) is 20.0 Å². The molecule has 0 saturated heterocycles. The van der Waals surface area contributed by atoms with E-state index in [4.69, 9.17) is 4.74 Å². The van der Waals surface area contributed by atoms with Crippen LogP contribution in [0.1, 0.15) is 38.3 Å². The third-order valence-corrected chi connectivity index (χ3v) is 3.77. The van der Waals surface area contributed by atoms with Crippen molar-refractivity contribution < 1.29 is 22.3 Å². The predicted molar refractivity (Wildman–Crippen MR) is 91.4 cm³/mol. The molecule has 144 valence electrons. The molecule has 4 nitrogen and oxygen atoms in total. The summed E-state index contributed by atoms with van der Waals surface area (Å²) in [6.07, 6.45) is -2.88. The minimum Gasteiger partial charge on any atom is -0.490 e. The Labute approximate surface area is 150 Å². The maximum Gasteiger partial charge on any atom is 0.422 e. The van der Waals surface area contributed by atoms with Crippen LogP contribution in [-0.2, 0) is 12.7 Å². The molecule has 0 amide bonds. The predicted octanol–water partition coefficient (Wildman–Crippen LogP) is 4.86. The smallest absolute Gasteiger partial charge is 0.422 e. The Morgan fingerprint density at radius 3 is 2.54 bits per heavy atom. The van der Waals surface area contributed by atoms with Crippen molar-refractivity contribution in [2.75, 3.05) is 13.6 Å². The van der Waals surface area contributed by atoms with Crippen LogP contribution < -0.4 is 4.74 Å². The lowest BCUT2D eigenvalue weighted by molar-refractivity contribution is -0.141. The highest BCUT2D eigenvalue weighted by atomic mass is 19.4. The minimum atomic E-state index is -4.88. The van der Waals surface area contributed by atoms with Gasteiger partial charge >= 0.3 is 6.18 Å². The molecule has 8 heteroatoms. The van der Waals surface area contributed by atoms with E-state index in [1.807, 2.05) is 18.9 Å². The van der Waals surface area contributed by atoms with Crippen LogP contribution in [-0.4, -0.2) is 34.8 Å². The number of rotatable bonds is 7. The normalized spacial score (nSPS) is 12.2. The lowest BCUT2D eigenvalue weighted by Gasteiger charge is -2.19. The standard InChI is InChI=1S/C18H23F4N3O/c1-5-8-25(4)10-12-9-23-24-17(12)13-6-7-14(26-11(2)3)15(16(13)19)18(20,21)22/h6-7,9,11H,5,8,10H2,1-4H3,(H,23,24). The van der Waals surface area contributed by atoms with Crippen molar-refractivity contribution in [2.24, 2.45) is 0 Å². The molecule has 0 spiro atoms. The van der Waals surface area contributed by atoms with Gasteiger partial charge in [-0.05, 0) is 46.0 Å². The molecule has 0 fully saturated rings. The first-order valence-corrected chi connectivity index (χ1v) is 8.43. The summed E-state index contributed by atoms with van der Waals surface area (Å²) in [5.41, 5.74) is -0.799. The van der Waals surface area contributed by atoms with Gasteiger partial charge in [0.15, 0.2) is 0 Å². The highest BCUT2D eigenvalue weighted by molar-refractivity contribution is 5.66. The van der Waals surface area contributed by atoms with Gasteiger partial charge in [0.1, 0.15) is 17.1 Å². The number of hydrogen-bond acceptors (Lipinski definition) is 3. The quantitative estimate of drug-likeness (QED) is 0.705. The fourth-order valence-corrected chi connectivity index (χ4v) is 2.78. The molecule has 1 aromatic carbocycles. The van der Waals surface area contributed by atoms with Crippen LogP contribution in [0.4, 0.5) is 17.6 Å². The van der Waals surface area contributed by atoms with Gasteiger partial charge in [0.05, 0.1) is 11.8 Å². The van der Waals surface area contributed by atoms with E-state index in [2.05, 4.69) is 10.2 Å². The molecule has 1 heterocycles. The average molecular weight is 373 g/mol. The van der Waals surface area contributed by atoms with Gasteiger partial charge in [-0.3, -0.25) is 5.10 Å². The maximum absolute atomic E-state index is 14.8. The van der Waals surface area contributed by atoms with Crippen LogP contribution in [0.5, 0.6) is 5.75 Å². The molecule has 0 bridgehead atoms. The first kappa shape index (κ1) is 20.2. The molecular formula is C18H23F4N3O. The van der Waals surface area contributed by atoms with Crippen LogP contribution in [0.3, 0.4) is 0 Å². The number of nitrogens with zero attached hydrogens (tertiary/aromatic N) is 2. The van der Waals surface area contributed by atoms with Gasteiger partial charge in [-0.2, -0.15) is 18.3 Å². The molecule has 2 rings (SSSR count). The van der Waals surface area contributed by atoms with E-state index in [9.17, 15) is 17.6 Å². The molecule has 0 aliphatic rings. The Kier molecular flexibility index (Phi) is 6.28. The van der Waals surface area contributed by atoms with Gasteiger partial charge in [0.25, 0.3) is 0 Å². The second-order valence-electron chi connectivity index (χ2n) is 6.46. The Balaban J connectivity index is 2.51. The molecule has 0 unspecified atom stereocenters. The highest BCUT2D eigenvalue weighted by Crippen LogP contribution is 2.42. The van der Waals surface area contributed by atoms with Crippen LogP contribution in [0, 0.1) is 5.82 Å². The number of H-pyrrole nitrogens is 1. The number of hydrogen-bond donors (Lipinski definition) is 1. The zero-order chi connectivity index (χ0) is 19.5. The summed E-state index contributed by atoms with van der Waals surface area (Å²) in [6, 6.07) is 2.43. The SMILES string of the molecule is CCCN(C)Cc1c[nH]nc1-c1ccc(OC(C)C)c(C(F)(F)F)c1F. The first-order chi connectivity index (χ1) is 12.1. The average Bonchev–Trinajstić information content (AvgIpc) is 2.93. The fraction of sp³-hybridized carbons (Fsp3) is 0.500. The number of alkyl halides is 3. The van der Waals surface area contributed by atoms with Gasteiger partial charge in [-0.1, -0.05) is 6.92 Å². The van der Waals surface area contributed by atoms with Crippen LogP contribution in [0.2, 0.25) is 0 Å². The lowest BCUT2D eigenvalue weighted by atomic mass is 10.0. The summed E-state index contributed by atoms with van der Waals surface area (Å²) < 4.78 is 60.3. The van der Waals surface area contributed by atoms with Gasteiger partial charge < -0.3 is 9.64 Å². The summed E-state index contributed by atoms with van der Waals surface area (Å²) in [7, 11) is 1.89. The Hall–Kier alpha value is -2.09. The molecule has 0 radical (unpaired) electrons. The lowest BCUT2D eigenvalue weighted by Crippen LogP contribution is -2.19. The molecule has 0 aliphatic carbocycles. The van der Waals surface area contributed by atoms with E-state index in [1.165, 1.54) is 6.07 Å². The van der Waals surface area contributed by atoms with Gasteiger partial charge in [-0.25, -0.2) is 4.39 Å². The highest BCUT2D eigenvalue weighted by Gasteiger charge is 2.40. The molecule has 2 aromatic rings. The number of aromatic nitrogens is 2. The third-order valence-electron chi connectivity index (χ3n) is 3.77. The Morgan fingerprint density at radius 2 is 1.96 bits per heavy atom. The molecule has 0 atom stereocenters. The van der Waals surface area contributed by atoms with Crippen molar-refractivity contribution in [1.82, 2.24) is 15.1 Å². The summed E-state index contributed by atoms with van der Waals surface area (Å²) in [6.45, 7) is 6.45. The molecular weight excluding hydrogens is 350 g/mol. The summed E-state index contributed by atoms with van der Waals surface area (Å²) in [4.78, 5) is 1.99. The van der Waals surface area contributed by atoms with Crippen LogP contribution in [0.15, 0.2) is 18.3 Å². The van der Waals surface area contributed by atoms with Crippen molar-refractivity contribution in [3.05, 3.63) is 35.3 Å². The monoisotopic (exact) mass is 373 g/mol. The molecule has 1 N–H and O–H groups in total. The second-order valence-corrected chi connectivity index (χ2v) is 6.46. The molecule has 26 heavy (non-hydrogen) atoms. The molecule has 0 saturated carbocycles. The molecule has 0 aliphatic heterocycles. The van der Waals surface area contributed by atoms with Crippen molar-refractivity contribution >= 4 is 0 Å². The van der Waals surface area contributed by atoms with Crippen molar-refractivity contribution in [3.63, 3.8) is 0 Å². The number of benzene rings is 1. The number of halogens is 4. The zero-order valence-corrected chi connectivity index (χ0v) is 15.2. The van der Waals surface area contributed by atoms with Crippen molar-refractivity contribution in [3.8, 4) is 17.0 Å². The summed E-state index contributed by atoms with van der Waals surface area (Å²) >= 11 is 0. The Bertz CT molecular complexity index is 741. The largest absolute Gasteiger partial charge is 0.490 e. The fourth-order valence-electron chi connectivity index (χ4n) is 2.78. The van der Waals surface area contributed by atoms with Crippen molar-refractivity contribution in [1.29, 1.82) is 0 Å². The number of aromatic amines is 1. The maximum atomic E-state index is 14.8. The van der Waals surface area contributed by atoms with E-state index in [0.29, 0.717) is 12.1 Å². The van der Waals surface area contributed by atoms with Gasteiger partial charge in [0.2, 0.25) is 0 Å². The summed E-state index contributed by atoms with van der Waals surface area (Å²) in [5.74, 6) is -1.89. The van der Waals surface area contributed by atoms with Crippen LogP contribution >= 0.6 is 0 Å². The number of ether oxygens (including phenoxy) is 1. The minimum absolute atomic E-state index is 0.173. The van der Waals surface area contributed by atoms with Crippen LogP contribution in [0.25, 0.3) is 11.3 Å². The van der Waals surface area contributed by atoms with E-state index >= 15 is 0 Å². The van der Waals surface area contributed by atoms with E-state index in [-0.39, 0.29) is 11.3 Å². The van der Waals surface area contributed by atoms with E-state index < -0.39 is 29.4 Å². The zero-order valence-electron chi connectivity index (χ0n) is 15.2. The topological polar surface area (TPSA) is 41.2 Å². The summed E-state index contributed by atoms with van der Waals surface area (Å²) in [5, 5.41) is 6.60. The van der Waals surface area contributed by atoms with Gasteiger partial charge in [-0.15, -0.1) is 0 Å². The second kappa shape index (κ2) is 8.07. The Morgan fingerprint density at radius 1 is 1.27 bits per heavy atom. The van der Waals surface area contributed by atoms with E-state index in [0.717, 1.165) is 19.0 Å².